The number of nitrogens with zero attached hydrogens (tertiary/aromatic N) is 4. The second kappa shape index (κ2) is 6.84. The maximum absolute atomic E-state index is 12.3. The van der Waals surface area contributed by atoms with E-state index in [-0.39, 0.29) is 5.91 Å². The number of carbonyl (C=O) groups is 1. The predicted octanol–water partition coefficient (Wildman–Crippen LogP) is 2.76. The molecule has 6 nitrogen and oxygen atoms in total. The summed E-state index contributed by atoms with van der Waals surface area (Å²) in [6, 6.07) is 7.52. The molecule has 0 aliphatic heterocycles. The van der Waals surface area contributed by atoms with Crippen LogP contribution in [0, 0.1) is 0 Å². The molecule has 2 aromatic heterocycles. The number of allylic oxidation sites excluding steroid dienone is 1. The van der Waals surface area contributed by atoms with Gasteiger partial charge in [-0.25, -0.2) is 0 Å². The van der Waals surface area contributed by atoms with Crippen LogP contribution in [0.5, 0.6) is 5.75 Å². The molecule has 3 aromatic rings. The van der Waals surface area contributed by atoms with E-state index in [9.17, 15) is 4.79 Å². The van der Waals surface area contributed by atoms with Gasteiger partial charge in [-0.2, -0.15) is 10.1 Å². The van der Waals surface area contributed by atoms with Crippen molar-refractivity contribution in [3.8, 4) is 5.75 Å². The van der Waals surface area contributed by atoms with Crippen LogP contribution < -0.4 is 9.54 Å². The van der Waals surface area contributed by atoms with Crippen LogP contribution in [0.1, 0.15) is 17.4 Å². The Kier molecular flexibility index (Phi) is 4.61. The topological polar surface area (TPSA) is 61.4 Å². The van der Waals surface area contributed by atoms with Crippen LogP contribution in [0.4, 0.5) is 0 Å². The molecule has 124 valence electrons. The Morgan fingerprint density at radius 3 is 2.96 bits per heavy atom. The number of aromatic nitrogens is 3. The lowest BCUT2D eigenvalue weighted by Gasteiger charge is -2.04. The summed E-state index contributed by atoms with van der Waals surface area (Å²) in [7, 11) is 1.77. The zero-order valence-electron chi connectivity index (χ0n) is 13.6. The fourth-order valence-corrected chi connectivity index (χ4v) is 3.44. The number of rotatable bonds is 5. The zero-order chi connectivity index (χ0) is 17.1. The molecule has 0 unspecified atom stereocenters. The van der Waals surface area contributed by atoms with Crippen LogP contribution in [0.3, 0.4) is 0 Å². The summed E-state index contributed by atoms with van der Waals surface area (Å²) in [6.45, 7) is 6.92. The van der Waals surface area contributed by atoms with Crippen molar-refractivity contribution in [2.24, 2.45) is 12.0 Å². The second-order valence-corrected chi connectivity index (χ2v) is 6.15. The fourth-order valence-electron chi connectivity index (χ4n) is 2.37. The number of carbonyl (C=O) groups excluding carboxylic acids is 1. The molecule has 0 saturated carbocycles. The number of ether oxygens (including phenoxy) is 1. The van der Waals surface area contributed by atoms with Crippen LogP contribution >= 0.6 is 11.3 Å². The standard InChI is InChI=1S/C17H18N4O2S/c1-4-9-21-14-7-6-12(23-5-2)11-15(14)24-17(21)18-16(22)13-8-10-20(3)19-13/h4,6-8,10-11H,1,5,9H2,2-3H3. The molecule has 2 heterocycles. The first-order chi connectivity index (χ1) is 11.6. The van der Waals surface area contributed by atoms with Gasteiger partial charge in [0.2, 0.25) is 0 Å². The van der Waals surface area contributed by atoms with E-state index in [0.717, 1.165) is 16.0 Å². The smallest absolute Gasteiger partial charge is 0.300 e. The van der Waals surface area contributed by atoms with Gasteiger partial charge >= 0.3 is 0 Å². The van der Waals surface area contributed by atoms with Crippen molar-refractivity contribution in [2.45, 2.75) is 13.5 Å². The number of hydrogen-bond donors (Lipinski definition) is 0. The Hall–Kier alpha value is -2.67. The van der Waals surface area contributed by atoms with Crippen molar-refractivity contribution < 1.29 is 9.53 Å². The highest BCUT2D eigenvalue weighted by Crippen LogP contribution is 2.23. The van der Waals surface area contributed by atoms with E-state index in [2.05, 4.69) is 16.7 Å². The SMILES string of the molecule is C=CCn1c(=NC(=O)c2ccn(C)n2)sc2cc(OCC)ccc21. The largest absolute Gasteiger partial charge is 0.494 e. The molecule has 0 atom stereocenters. The van der Waals surface area contributed by atoms with Crippen LogP contribution in [-0.2, 0) is 13.6 Å². The average Bonchev–Trinajstić information content (AvgIpc) is 3.12. The molecule has 0 aliphatic rings. The highest BCUT2D eigenvalue weighted by Gasteiger charge is 2.11. The summed E-state index contributed by atoms with van der Waals surface area (Å²) in [4.78, 5) is 17.2. The summed E-state index contributed by atoms with van der Waals surface area (Å²) in [5.41, 5.74) is 1.33. The van der Waals surface area contributed by atoms with Crippen LogP contribution in [0.2, 0.25) is 0 Å². The number of aryl methyl sites for hydroxylation is 1. The van der Waals surface area contributed by atoms with Crippen LogP contribution in [0.25, 0.3) is 10.2 Å². The fraction of sp³-hybridized carbons (Fsp3) is 0.235. The number of benzene rings is 1. The van der Waals surface area contributed by atoms with Crippen molar-refractivity contribution in [1.29, 1.82) is 0 Å². The summed E-state index contributed by atoms with van der Waals surface area (Å²) in [6.07, 6.45) is 3.51. The second-order valence-electron chi connectivity index (χ2n) is 5.14. The molecule has 0 aliphatic carbocycles. The lowest BCUT2D eigenvalue weighted by atomic mass is 10.3. The maximum Gasteiger partial charge on any atom is 0.300 e. The lowest BCUT2D eigenvalue weighted by molar-refractivity contribution is 0.0992. The van der Waals surface area contributed by atoms with E-state index in [4.69, 9.17) is 4.74 Å². The Morgan fingerprint density at radius 1 is 1.46 bits per heavy atom. The highest BCUT2D eigenvalue weighted by atomic mass is 32.1. The quantitative estimate of drug-likeness (QED) is 0.670. The van der Waals surface area contributed by atoms with Gasteiger partial charge in [-0.15, -0.1) is 6.58 Å². The van der Waals surface area contributed by atoms with Gasteiger partial charge in [0.05, 0.1) is 16.8 Å². The molecule has 3 rings (SSSR count). The zero-order valence-corrected chi connectivity index (χ0v) is 14.4. The predicted molar refractivity (Wildman–Crippen MR) is 94.3 cm³/mol. The van der Waals surface area contributed by atoms with Crippen LogP contribution in [-0.4, -0.2) is 26.9 Å². The van der Waals surface area contributed by atoms with Gasteiger partial charge in [0.15, 0.2) is 10.5 Å². The minimum absolute atomic E-state index is 0.329. The van der Waals surface area contributed by atoms with Gasteiger partial charge in [-0.1, -0.05) is 17.4 Å². The highest BCUT2D eigenvalue weighted by molar-refractivity contribution is 7.16. The van der Waals surface area contributed by atoms with Crippen molar-refractivity contribution in [3.05, 3.63) is 53.6 Å². The number of hydrogen-bond acceptors (Lipinski definition) is 4. The first-order valence-corrected chi connectivity index (χ1v) is 8.39. The Balaban J connectivity index is 2.11. The average molecular weight is 342 g/mol. The monoisotopic (exact) mass is 342 g/mol. The van der Waals surface area contributed by atoms with E-state index in [1.165, 1.54) is 11.3 Å². The van der Waals surface area contributed by atoms with Gasteiger partial charge < -0.3 is 9.30 Å². The number of thiazole rings is 1. The molecule has 0 bridgehead atoms. The maximum atomic E-state index is 12.3. The first-order valence-electron chi connectivity index (χ1n) is 7.58. The molecule has 0 N–H and O–H groups in total. The Labute approximate surface area is 143 Å². The molecule has 0 saturated heterocycles. The third-order valence-corrected chi connectivity index (χ3v) is 4.45. The Bertz CT molecular complexity index is 965. The summed E-state index contributed by atoms with van der Waals surface area (Å²) in [5.74, 6) is 0.449. The van der Waals surface area contributed by atoms with Gasteiger partial charge in [0.1, 0.15) is 5.75 Å². The molecule has 0 spiro atoms. The number of amides is 1. The molecular formula is C17H18N4O2S. The van der Waals surface area contributed by atoms with E-state index in [0.29, 0.717) is 23.6 Å². The first kappa shape index (κ1) is 16.2. The molecule has 1 amide bonds. The lowest BCUT2D eigenvalue weighted by Crippen LogP contribution is -2.16. The van der Waals surface area contributed by atoms with Gasteiger partial charge in [0, 0.05) is 19.8 Å². The normalized spacial score (nSPS) is 11.8. The van der Waals surface area contributed by atoms with E-state index in [1.54, 1.807) is 30.1 Å². The Morgan fingerprint density at radius 2 is 2.29 bits per heavy atom. The van der Waals surface area contributed by atoms with Gasteiger partial charge in [-0.3, -0.25) is 9.48 Å². The minimum atomic E-state index is -0.356. The molecule has 0 radical (unpaired) electrons. The molecular weight excluding hydrogens is 324 g/mol. The van der Waals surface area contributed by atoms with E-state index in [1.807, 2.05) is 29.7 Å². The van der Waals surface area contributed by atoms with Crippen molar-refractivity contribution in [2.75, 3.05) is 6.61 Å². The summed E-state index contributed by atoms with van der Waals surface area (Å²) in [5, 5.41) is 4.10. The van der Waals surface area contributed by atoms with E-state index >= 15 is 0 Å². The minimum Gasteiger partial charge on any atom is -0.494 e. The van der Waals surface area contributed by atoms with Crippen LogP contribution in [0.15, 0.2) is 48.1 Å². The molecule has 7 heteroatoms. The van der Waals surface area contributed by atoms with Crippen molar-refractivity contribution >= 4 is 27.5 Å². The summed E-state index contributed by atoms with van der Waals surface area (Å²) < 4.78 is 10.1. The third-order valence-electron chi connectivity index (χ3n) is 3.41. The van der Waals surface area contributed by atoms with Gasteiger partial charge in [0.25, 0.3) is 5.91 Å². The van der Waals surface area contributed by atoms with Crippen molar-refractivity contribution in [1.82, 2.24) is 14.3 Å². The molecule has 24 heavy (non-hydrogen) atoms. The number of fused-ring (bicyclic) bond motifs is 1. The van der Waals surface area contributed by atoms with Crippen molar-refractivity contribution in [3.63, 3.8) is 0 Å². The summed E-state index contributed by atoms with van der Waals surface area (Å²) >= 11 is 1.45. The third kappa shape index (κ3) is 3.16. The van der Waals surface area contributed by atoms with E-state index < -0.39 is 0 Å². The van der Waals surface area contributed by atoms with Gasteiger partial charge in [-0.05, 0) is 31.2 Å². The molecule has 0 fully saturated rings. The molecule has 1 aromatic carbocycles.